The highest BCUT2D eigenvalue weighted by atomic mass is 35.5. The van der Waals surface area contributed by atoms with Gasteiger partial charge in [-0.15, -0.1) is 0 Å². The number of esters is 1. The van der Waals surface area contributed by atoms with Gasteiger partial charge in [-0.2, -0.15) is 0 Å². The maximum Gasteiger partial charge on any atom is 0.346 e. The van der Waals surface area contributed by atoms with Crippen molar-refractivity contribution in [2.75, 3.05) is 30.5 Å². The van der Waals surface area contributed by atoms with Gasteiger partial charge in [-0.3, -0.25) is 4.79 Å². The first-order valence-corrected chi connectivity index (χ1v) is 11.6. The van der Waals surface area contributed by atoms with Crippen LogP contribution >= 0.6 is 11.6 Å². The van der Waals surface area contributed by atoms with Crippen LogP contribution in [0.2, 0.25) is 5.02 Å². The summed E-state index contributed by atoms with van der Waals surface area (Å²) >= 11 is 6.41. The minimum absolute atomic E-state index is 0.00518. The number of nitrogens with one attached hydrogen (secondary N) is 2. The molecule has 2 N–H and O–H groups in total. The Balaban J connectivity index is 1.52. The minimum atomic E-state index is -0.625. The van der Waals surface area contributed by atoms with Crippen LogP contribution in [0.3, 0.4) is 0 Å². The normalized spacial score (nSPS) is 18.6. The number of ether oxygens (including phenoxy) is 3. The van der Waals surface area contributed by atoms with Gasteiger partial charge in [0.25, 0.3) is 5.56 Å². The van der Waals surface area contributed by atoms with Gasteiger partial charge in [0.05, 0.1) is 47.4 Å². The molecule has 1 atom stereocenters. The molecule has 0 saturated carbocycles. The predicted octanol–water partition coefficient (Wildman–Crippen LogP) is 3.86. The van der Waals surface area contributed by atoms with Gasteiger partial charge in [0.2, 0.25) is 5.88 Å². The molecule has 0 radical (unpaired) electrons. The Morgan fingerprint density at radius 1 is 1.24 bits per heavy atom. The van der Waals surface area contributed by atoms with Crippen molar-refractivity contribution in [2.45, 2.75) is 31.9 Å². The van der Waals surface area contributed by atoms with Gasteiger partial charge in [-0.25, -0.2) is 9.78 Å². The SMILES string of the molecule is CC1COC(=O)c2c(c3cc(Nc4cc(OC5CCOCC5)ncc4Cl)ccc3n(C)c2=O)N1. The van der Waals surface area contributed by atoms with Crippen LogP contribution in [0.25, 0.3) is 10.9 Å². The van der Waals surface area contributed by atoms with Crippen molar-refractivity contribution in [2.24, 2.45) is 7.05 Å². The van der Waals surface area contributed by atoms with Crippen LogP contribution in [0, 0.1) is 0 Å². The Hall–Kier alpha value is -3.30. The fraction of sp³-hybridized carbons (Fsp3) is 0.375. The lowest BCUT2D eigenvalue weighted by molar-refractivity contribution is 0.0237. The first-order valence-electron chi connectivity index (χ1n) is 11.2. The van der Waals surface area contributed by atoms with E-state index in [9.17, 15) is 9.59 Å². The zero-order valence-corrected chi connectivity index (χ0v) is 19.6. The van der Waals surface area contributed by atoms with Crippen molar-refractivity contribution >= 4 is 45.5 Å². The second kappa shape index (κ2) is 9.15. The minimum Gasteiger partial charge on any atom is -0.474 e. The van der Waals surface area contributed by atoms with Gasteiger partial charge in [-0.05, 0) is 25.1 Å². The molecule has 1 unspecified atom stereocenters. The molecule has 10 heteroatoms. The molecule has 5 rings (SSSR count). The summed E-state index contributed by atoms with van der Waals surface area (Å²) in [5, 5.41) is 7.74. The summed E-state index contributed by atoms with van der Waals surface area (Å²) in [5.74, 6) is -0.145. The Morgan fingerprint density at radius 3 is 2.82 bits per heavy atom. The molecule has 9 nitrogen and oxygen atoms in total. The van der Waals surface area contributed by atoms with E-state index in [2.05, 4.69) is 15.6 Å². The third kappa shape index (κ3) is 4.28. The third-order valence-corrected chi connectivity index (χ3v) is 6.32. The van der Waals surface area contributed by atoms with Gasteiger partial charge in [0.15, 0.2) is 0 Å². The lowest BCUT2D eigenvalue weighted by atomic mass is 10.1. The standard InChI is InChI=1S/C24H25ClN4O5/c1-13-12-33-24(31)21-22(27-13)16-9-14(3-4-19(16)29(2)23(21)30)28-18-10-20(26-11-17(18)25)34-15-5-7-32-8-6-15/h3-4,9-11,13,15,27H,5-8,12H2,1-2H3,(H,26,28). The van der Waals surface area contributed by atoms with Crippen molar-refractivity contribution in [1.82, 2.24) is 9.55 Å². The first-order chi connectivity index (χ1) is 16.4. The molecule has 2 aliphatic heterocycles. The number of cyclic esters (lactones) is 1. The Labute approximate surface area is 201 Å². The van der Waals surface area contributed by atoms with Gasteiger partial charge < -0.3 is 29.4 Å². The summed E-state index contributed by atoms with van der Waals surface area (Å²) in [6, 6.07) is 7.18. The van der Waals surface area contributed by atoms with Crippen molar-refractivity contribution in [3.63, 3.8) is 0 Å². The Morgan fingerprint density at radius 2 is 2.03 bits per heavy atom. The van der Waals surface area contributed by atoms with E-state index in [1.54, 1.807) is 19.3 Å². The van der Waals surface area contributed by atoms with E-state index in [1.807, 2.05) is 25.1 Å². The van der Waals surface area contributed by atoms with Crippen LogP contribution in [-0.2, 0) is 16.5 Å². The van der Waals surface area contributed by atoms with Crippen LogP contribution in [0.1, 0.15) is 30.1 Å². The second-order valence-corrected chi connectivity index (χ2v) is 8.95. The second-order valence-electron chi connectivity index (χ2n) is 8.55. The molecule has 1 fully saturated rings. The third-order valence-electron chi connectivity index (χ3n) is 6.02. The Bertz CT molecular complexity index is 1320. The molecule has 0 aliphatic carbocycles. The van der Waals surface area contributed by atoms with E-state index in [0.29, 0.717) is 41.0 Å². The maximum absolute atomic E-state index is 12.9. The highest BCUT2D eigenvalue weighted by molar-refractivity contribution is 6.33. The molecule has 0 spiro atoms. The van der Waals surface area contributed by atoms with Gasteiger partial charge in [0.1, 0.15) is 18.3 Å². The molecule has 4 heterocycles. The molecule has 3 aromatic rings. The summed E-state index contributed by atoms with van der Waals surface area (Å²) in [5.41, 5.74) is 2.13. The number of anilines is 3. The molecule has 1 saturated heterocycles. The number of aromatic nitrogens is 2. The summed E-state index contributed by atoms with van der Waals surface area (Å²) in [4.78, 5) is 29.7. The number of rotatable bonds is 4. The lowest BCUT2D eigenvalue weighted by Crippen LogP contribution is -2.26. The Kier molecular flexibility index (Phi) is 6.05. The largest absolute Gasteiger partial charge is 0.474 e. The zero-order valence-electron chi connectivity index (χ0n) is 18.9. The topological polar surface area (TPSA) is 104 Å². The van der Waals surface area contributed by atoms with E-state index in [1.165, 1.54) is 4.57 Å². The molecule has 1 aromatic carbocycles. The van der Waals surface area contributed by atoms with E-state index < -0.39 is 11.5 Å². The predicted molar refractivity (Wildman–Crippen MR) is 130 cm³/mol. The number of benzene rings is 1. The van der Waals surface area contributed by atoms with Crippen molar-refractivity contribution in [1.29, 1.82) is 0 Å². The first kappa shape index (κ1) is 22.5. The molecule has 2 aromatic heterocycles. The number of fused-ring (bicyclic) bond motifs is 3. The summed E-state index contributed by atoms with van der Waals surface area (Å²) in [6.45, 7) is 3.42. The molecule has 0 bridgehead atoms. The van der Waals surface area contributed by atoms with Gasteiger partial charge in [0, 0.05) is 37.0 Å². The van der Waals surface area contributed by atoms with Crippen LogP contribution in [0.5, 0.6) is 5.88 Å². The number of carbonyl (C=O) groups excluding carboxylic acids is 1. The van der Waals surface area contributed by atoms with Crippen molar-refractivity contribution in [3.05, 3.63) is 51.4 Å². The monoisotopic (exact) mass is 484 g/mol. The molecule has 34 heavy (non-hydrogen) atoms. The van der Waals surface area contributed by atoms with E-state index in [0.717, 1.165) is 23.9 Å². The maximum atomic E-state index is 12.9. The summed E-state index contributed by atoms with van der Waals surface area (Å²) in [7, 11) is 1.64. The van der Waals surface area contributed by atoms with Crippen LogP contribution < -0.4 is 20.9 Å². The van der Waals surface area contributed by atoms with Crippen molar-refractivity contribution in [3.8, 4) is 5.88 Å². The van der Waals surface area contributed by atoms with E-state index in [4.69, 9.17) is 25.8 Å². The lowest BCUT2D eigenvalue weighted by Gasteiger charge is -2.23. The number of halogens is 1. The molecule has 0 amide bonds. The summed E-state index contributed by atoms with van der Waals surface area (Å²) in [6.07, 6.45) is 3.24. The molecular weight excluding hydrogens is 460 g/mol. The highest BCUT2D eigenvalue weighted by Gasteiger charge is 2.27. The average Bonchev–Trinajstić information content (AvgIpc) is 2.98. The summed E-state index contributed by atoms with van der Waals surface area (Å²) < 4.78 is 18.1. The number of nitrogens with zero attached hydrogens (tertiary/aromatic N) is 2. The average molecular weight is 485 g/mol. The van der Waals surface area contributed by atoms with E-state index >= 15 is 0 Å². The molecule has 178 valence electrons. The number of hydrogen-bond donors (Lipinski definition) is 2. The quantitative estimate of drug-likeness (QED) is 0.538. The zero-order chi connectivity index (χ0) is 23.8. The van der Waals surface area contributed by atoms with E-state index in [-0.39, 0.29) is 24.3 Å². The fourth-order valence-corrected chi connectivity index (χ4v) is 4.38. The smallest absolute Gasteiger partial charge is 0.346 e. The number of aryl methyl sites for hydroxylation is 1. The highest BCUT2D eigenvalue weighted by Crippen LogP contribution is 2.33. The van der Waals surface area contributed by atoms with Crippen LogP contribution in [0.15, 0.2) is 35.3 Å². The fourth-order valence-electron chi connectivity index (χ4n) is 4.23. The number of carbonyl (C=O) groups is 1. The molecule has 2 aliphatic rings. The number of hydrogen-bond acceptors (Lipinski definition) is 8. The van der Waals surface area contributed by atoms with Gasteiger partial charge >= 0.3 is 5.97 Å². The van der Waals surface area contributed by atoms with Gasteiger partial charge in [-0.1, -0.05) is 11.6 Å². The van der Waals surface area contributed by atoms with Crippen LogP contribution in [-0.4, -0.2) is 47.5 Å². The number of pyridine rings is 2. The van der Waals surface area contributed by atoms with Crippen molar-refractivity contribution < 1.29 is 19.0 Å². The molecular formula is C24H25ClN4O5. The van der Waals surface area contributed by atoms with Crippen LogP contribution in [0.4, 0.5) is 17.1 Å².